The van der Waals surface area contributed by atoms with Gasteiger partial charge in [-0.15, -0.1) is 11.3 Å². The molecular weight excluding hydrogens is 377 g/mol. The van der Waals surface area contributed by atoms with E-state index >= 15 is 0 Å². The van der Waals surface area contributed by atoms with Gasteiger partial charge in [-0.2, -0.15) is 13.2 Å². The van der Waals surface area contributed by atoms with E-state index in [0.717, 1.165) is 10.8 Å². The number of fused-ring (bicyclic) bond motifs is 1. The standard InChI is InChI=1S/C18H17F3N4OS/c1-17(2,3)11-8-12(18(19,20)21)25-15(24-11)13(14(22)26)16-23-9-6-4-5-7-10(9)27-16/h4-8,13H,1-3H3,(H2,22,26). The Balaban J connectivity index is 2.22. The fraction of sp³-hybridized carbons (Fsp3) is 0.333. The Labute approximate surface area is 157 Å². The highest BCUT2D eigenvalue weighted by atomic mass is 32.1. The predicted molar refractivity (Wildman–Crippen MR) is 96.4 cm³/mol. The quantitative estimate of drug-likeness (QED) is 0.727. The Morgan fingerprint density at radius 3 is 2.26 bits per heavy atom. The monoisotopic (exact) mass is 394 g/mol. The number of carbonyl (C=O) groups is 1. The summed E-state index contributed by atoms with van der Waals surface area (Å²) < 4.78 is 40.8. The van der Waals surface area contributed by atoms with Crippen molar-refractivity contribution in [3.63, 3.8) is 0 Å². The zero-order valence-corrected chi connectivity index (χ0v) is 15.6. The van der Waals surface area contributed by atoms with Crippen LogP contribution >= 0.6 is 11.3 Å². The normalized spacial score (nSPS) is 13.7. The molecule has 1 amide bonds. The van der Waals surface area contributed by atoms with E-state index in [4.69, 9.17) is 5.73 Å². The van der Waals surface area contributed by atoms with Crippen molar-refractivity contribution in [2.24, 2.45) is 5.73 Å². The number of primary amides is 1. The van der Waals surface area contributed by atoms with Crippen molar-refractivity contribution in [3.05, 3.63) is 52.6 Å². The van der Waals surface area contributed by atoms with Crippen LogP contribution in [0.15, 0.2) is 30.3 Å². The van der Waals surface area contributed by atoms with E-state index in [9.17, 15) is 18.0 Å². The Morgan fingerprint density at radius 1 is 1.07 bits per heavy atom. The molecule has 0 saturated carbocycles. The van der Waals surface area contributed by atoms with Crippen LogP contribution in [0.5, 0.6) is 0 Å². The van der Waals surface area contributed by atoms with Crippen LogP contribution in [0.4, 0.5) is 13.2 Å². The van der Waals surface area contributed by atoms with Crippen LogP contribution in [0.1, 0.15) is 48.9 Å². The summed E-state index contributed by atoms with van der Waals surface area (Å²) in [4.78, 5) is 24.3. The summed E-state index contributed by atoms with van der Waals surface area (Å²) in [7, 11) is 0. The third-order valence-electron chi connectivity index (χ3n) is 3.90. The van der Waals surface area contributed by atoms with Crippen molar-refractivity contribution in [1.82, 2.24) is 15.0 Å². The smallest absolute Gasteiger partial charge is 0.369 e. The van der Waals surface area contributed by atoms with E-state index < -0.39 is 29.1 Å². The van der Waals surface area contributed by atoms with Gasteiger partial charge in [0.25, 0.3) is 0 Å². The SMILES string of the molecule is CC(C)(C)c1cc(C(F)(F)F)nc(C(C(N)=O)c2nc3ccccc3s2)n1. The molecule has 1 aromatic carbocycles. The molecule has 1 atom stereocenters. The molecule has 2 N–H and O–H groups in total. The van der Waals surface area contributed by atoms with Crippen LogP contribution in [0, 0.1) is 0 Å². The van der Waals surface area contributed by atoms with Crippen LogP contribution in [0.3, 0.4) is 0 Å². The number of hydrogen-bond donors (Lipinski definition) is 1. The maximum Gasteiger partial charge on any atom is 0.433 e. The van der Waals surface area contributed by atoms with Crippen LogP contribution in [-0.2, 0) is 16.4 Å². The van der Waals surface area contributed by atoms with Crippen LogP contribution in [-0.4, -0.2) is 20.9 Å². The highest BCUT2D eigenvalue weighted by Crippen LogP contribution is 2.35. The number of amides is 1. The number of thiazole rings is 1. The molecule has 0 aliphatic carbocycles. The topological polar surface area (TPSA) is 81.8 Å². The third-order valence-corrected chi connectivity index (χ3v) is 5.00. The largest absolute Gasteiger partial charge is 0.433 e. The molecule has 0 spiro atoms. The minimum atomic E-state index is -4.67. The zero-order chi connectivity index (χ0) is 20.0. The van der Waals surface area contributed by atoms with Gasteiger partial charge < -0.3 is 5.73 Å². The molecule has 5 nitrogen and oxygen atoms in total. The van der Waals surface area contributed by atoms with Crippen LogP contribution < -0.4 is 5.73 Å². The molecule has 9 heteroatoms. The van der Waals surface area contributed by atoms with Gasteiger partial charge in [-0.25, -0.2) is 15.0 Å². The van der Waals surface area contributed by atoms with E-state index in [-0.39, 0.29) is 16.5 Å². The number of halogens is 3. The summed E-state index contributed by atoms with van der Waals surface area (Å²) in [5.74, 6) is -2.40. The Kier molecular flexibility index (Phi) is 4.67. The summed E-state index contributed by atoms with van der Waals surface area (Å²) in [6.45, 7) is 5.20. The summed E-state index contributed by atoms with van der Waals surface area (Å²) in [6.07, 6.45) is -4.67. The molecule has 0 aliphatic heterocycles. The number of carbonyl (C=O) groups excluding carboxylic acids is 1. The van der Waals surface area contributed by atoms with E-state index in [1.54, 1.807) is 32.9 Å². The van der Waals surface area contributed by atoms with Gasteiger partial charge >= 0.3 is 6.18 Å². The van der Waals surface area contributed by atoms with Gasteiger partial charge in [-0.05, 0) is 18.2 Å². The second-order valence-corrected chi connectivity index (χ2v) is 8.16. The third kappa shape index (κ3) is 3.92. The number of para-hydroxylation sites is 1. The van der Waals surface area contributed by atoms with E-state index in [2.05, 4.69) is 15.0 Å². The first-order chi connectivity index (χ1) is 12.5. The van der Waals surface area contributed by atoms with Crippen LogP contribution in [0.25, 0.3) is 10.2 Å². The molecule has 0 bridgehead atoms. The molecule has 0 saturated heterocycles. The van der Waals surface area contributed by atoms with Crippen molar-refractivity contribution in [1.29, 1.82) is 0 Å². The summed E-state index contributed by atoms with van der Waals surface area (Å²) in [6, 6.07) is 8.05. The Morgan fingerprint density at radius 2 is 1.70 bits per heavy atom. The lowest BCUT2D eigenvalue weighted by molar-refractivity contribution is -0.141. The number of aromatic nitrogens is 3. The number of benzene rings is 1. The van der Waals surface area contributed by atoms with Crippen molar-refractivity contribution >= 4 is 27.5 Å². The first-order valence-corrected chi connectivity index (χ1v) is 8.90. The molecule has 0 fully saturated rings. The lowest BCUT2D eigenvalue weighted by Gasteiger charge is -2.21. The van der Waals surface area contributed by atoms with Gasteiger partial charge in [0, 0.05) is 5.41 Å². The number of nitrogens with zero attached hydrogens (tertiary/aromatic N) is 3. The van der Waals surface area contributed by atoms with Gasteiger partial charge in [-0.1, -0.05) is 32.9 Å². The van der Waals surface area contributed by atoms with Gasteiger partial charge in [0.05, 0.1) is 15.9 Å². The highest BCUT2D eigenvalue weighted by Gasteiger charge is 2.37. The number of hydrogen-bond acceptors (Lipinski definition) is 5. The van der Waals surface area contributed by atoms with Crippen molar-refractivity contribution in [2.75, 3.05) is 0 Å². The highest BCUT2D eigenvalue weighted by molar-refractivity contribution is 7.18. The minimum Gasteiger partial charge on any atom is -0.369 e. The second kappa shape index (κ2) is 6.56. The molecule has 27 heavy (non-hydrogen) atoms. The number of rotatable bonds is 3. The summed E-state index contributed by atoms with van der Waals surface area (Å²) in [5, 5.41) is 0.267. The fourth-order valence-electron chi connectivity index (χ4n) is 2.50. The van der Waals surface area contributed by atoms with Crippen molar-refractivity contribution < 1.29 is 18.0 Å². The lowest BCUT2D eigenvalue weighted by Crippen LogP contribution is -2.27. The van der Waals surface area contributed by atoms with Gasteiger partial charge in [0.1, 0.15) is 22.4 Å². The number of nitrogens with two attached hydrogens (primary N) is 1. The Bertz CT molecular complexity index is 942. The van der Waals surface area contributed by atoms with E-state index in [1.807, 2.05) is 12.1 Å². The minimum absolute atomic E-state index is 0.173. The zero-order valence-electron chi connectivity index (χ0n) is 14.8. The van der Waals surface area contributed by atoms with E-state index in [1.165, 1.54) is 11.3 Å². The van der Waals surface area contributed by atoms with Crippen molar-refractivity contribution in [3.8, 4) is 0 Å². The molecule has 2 aromatic heterocycles. The second-order valence-electron chi connectivity index (χ2n) is 7.10. The van der Waals surface area contributed by atoms with E-state index in [0.29, 0.717) is 5.52 Å². The molecular formula is C18H17F3N4OS. The molecule has 0 aliphatic rings. The maximum absolute atomic E-state index is 13.4. The summed E-state index contributed by atoms with van der Waals surface area (Å²) in [5.41, 5.74) is 4.53. The first-order valence-electron chi connectivity index (χ1n) is 8.08. The molecule has 3 aromatic rings. The molecule has 3 rings (SSSR count). The molecule has 0 radical (unpaired) electrons. The fourth-order valence-corrected chi connectivity index (χ4v) is 3.57. The van der Waals surface area contributed by atoms with Gasteiger partial charge in [-0.3, -0.25) is 4.79 Å². The number of alkyl halides is 3. The van der Waals surface area contributed by atoms with Gasteiger partial charge in [0.2, 0.25) is 5.91 Å². The Hall–Kier alpha value is -2.55. The molecule has 2 heterocycles. The lowest BCUT2D eigenvalue weighted by atomic mass is 9.91. The first kappa shape index (κ1) is 19.2. The van der Waals surface area contributed by atoms with Crippen molar-refractivity contribution in [2.45, 2.75) is 38.3 Å². The van der Waals surface area contributed by atoms with Crippen LogP contribution in [0.2, 0.25) is 0 Å². The van der Waals surface area contributed by atoms with Gasteiger partial charge in [0.15, 0.2) is 0 Å². The molecule has 142 valence electrons. The average molecular weight is 394 g/mol. The summed E-state index contributed by atoms with van der Waals surface area (Å²) >= 11 is 1.18. The average Bonchev–Trinajstić information content (AvgIpc) is 2.96. The maximum atomic E-state index is 13.4. The predicted octanol–water partition coefficient (Wildman–Crippen LogP) is 4.02. The molecule has 1 unspecified atom stereocenters.